The summed E-state index contributed by atoms with van der Waals surface area (Å²) in [5, 5.41) is 10.3. The monoisotopic (exact) mass is 198 g/mol. The molecule has 14 heavy (non-hydrogen) atoms. The third-order valence-electron chi connectivity index (χ3n) is 1.83. The molecular formula is C8H7FN2O3. The quantitative estimate of drug-likeness (QED) is 0.571. The van der Waals surface area contributed by atoms with Crippen molar-refractivity contribution in [2.45, 2.75) is 6.92 Å². The highest BCUT2D eigenvalue weighted by Gasteiger charge is 2.19. The van der Waals surface area contributed by atoms with Crippen molar-refractivity contribution in [3.8, 4) is 0 Å². The summed E-state index contributed by atoms with van der Waals surface area (Å²) in [6, 6.07) is 2.06. The highest BCUT2D eigenvalue weighted by molar-refractivity contribution is 5.94. The fraction of sp³-hybridized carbons (Fsp3) is 0.125. The zero-order chi connectivity index (χ0) is 10.9. The number of carbonyl (C=O) groups is 1. The lowest BCUT2D eigenvalue weighted by Gasteiger charge is -2.02. The van der Waals surface area contributed by atoms with Crippen molar-refractivity contribution in [2.24, 2.45) is 5.73 Å². The Balaban J connectivity index is 3.41. The summed E-state index contributed by atoms with van der Waals surface area (Å²) in [5.41, 5.74) is 4.12. The highest BCUT2D eigenvalue weighted by atomic mass is 19.1. The molecule has 0 fully saturated rings. The van der Waals surface area contributed by atoms with Gasteiger partial charge in [-0.1, -0.05) is 0 Å². The van der Waals surface area contributed by atoms with Gasteiger partial charge in [-0.2, -0.15) is 4.39 Å². The van der Waals surface area contributed by atoms with Crippen LogP contribution >= 0.6 is 0 Å². The Hall–Kier alpha value is -1.98. The van der Waals surface area contributed by atoms with Gasteiger partial charge in [-0.15, -0.1) is 0 Å². The Labute approximate surface area is 78.5 Å². The van der Waals surface area contributed by atoms with Crippen molar-refractivity contribution >= 4 is 11.6 Å². The van der Waals surface area contributed by atoms with Crippen LogP contribution < -0.4 is 5.73 Å². The van der Waals surface area contributed by atoms with Crippen LogP contribution in [0.2, 0.25) is 0 Å². The first-order valence-electron chi connectivity index (χ1n) is 3.68. The second-order valence-electron chi connectivity index (χ2n) is 2.69. The van der Waals surface area contributed by atoms with Gasteiger partial charge in [-0.05, 0) is 13.0 Å². The molecule has 0 radical (unpaired) electrons. The molecule has 1 amide bonds. The molecule has 74 valence electrons. The van der Waals surface area contributed by atoms with Gasteiger partial charge < -0.3 is 5.73 Å². The predicted molar refractivity (Wildman–Crippen MR) is 46.3 cm³/mol. The van der Waals surface area contributed by atoms with Gasteiger partial charge in [-0.3, -0.25) is 14.9 Å². The second-order valence-corrected chi connectivity index (χ2v) is 2.69. The Kier molecular flexibility index (Phi) is 2.46. The van der Waals surface area contributed by atoms with Crippen LogP contribution in [0, 0.1) is 22.9 Å². The number of halogens is 1. The zero-order valence-corrected chi connectivity index (χ0v) is 7.28. The molecule has 0 saturated carbocycles. The van der Waals surface area contributed by atoms with Gasteiger partial charge in [0, 0.05) is 17.2 Å². The van der Waals surface area contributed by atoms with E-state index in [-0.39, 0.29) is 11.1 Å². The number of amides is 1. The van der Waals surface area contributed by atoms with Crippen molar-refractivity contribution in [1.82, 2.24) is 0 Å². The highest BCUT2D eigenvalue weighted by Crippen LogP contribution is 2.22. The van der Waals surface area contributed by atoms with Gasteiger partial charge in [0.2, 0.25) is 11.7 Å². The Morgan fingerprint density at radius 3 is 2.57 bits per heavy atom. The van der Waals surface area contributed by atoms with Gasteiger partial charge in [0.25, 0.3) is 0 Å². The molecular weight excluding hydrogens is 191 g/mol. The topological polar surface area (TPSA) is 86.2 Å². The van der Waals surface area contributed by atoms with Crippen molar-refractivity contribution in [3.63, 3.8) is 0 Å². The fourth-order valence-electron chi connectivity index (χ4n) is 1.08. The first-order chi connectivity index (χ1) is 6.45. The fourth-order valence-corrected chi connectivity index (χ4v) is 1.08. The van der Waals surface area contributed by atoms with Gasteiger partial charge in [0.05, 0.1) is 4.92 Å². The average Bonchev–Trinajstić information content (AvgIpc) is 2.08. The van der Waals surface area contributed by atoms with Crippen molar-refractivity contribution in [3.05, 3.63) is 39.2 Å². The molecule has 0 unspecified atom stereocenters. The number of nitro groups is 1. The molecule has 6 heteroatoms. The molecule has 0 aromatic heterocycles. The minimum absolute atomic E-state index is 0.0481. The predicted octanol–water partition coefficient (Wildman–Crippen LogP) is 1.14. The molecule has 0 bridgehead atoms. The second kappa shape index (κ2) is 3.41. The van der Waals surface area contributed by atoms with Gasteiger partial charge in [-0.25, -0.2) is 0 Å². The van der Waals surface area contributed by atoms with Crippen LogP contribution in [-0.4, -0.2) is 10.8 Å². The number of hydrogen-bond donors (Lipinski definition) is 1. The molecule has 0 atom stereocenters. The summed E-state index contributed by atoms with van der Waals surface area (Å²) in [7, 11) is 0. The van der Waals surface area contributed by atoms with E-state index in [9.17, 15) is 19.3 Å². The molecule has 0 spiro atoms. The Morgan fingerprint density at radius 1 is 1.57 bits per heavy atom. The van der Waals surface area contributed by atoms with E-state index in [1.165, 1.54) is 6.92 Å². The lowest BCUT2D eigenvalue weighted by Crippen LogP contribution is -2.14. The molecule has 0 aliphatic carbocycles. The van der Waals surface area contributed by atoms with Crippen LogP contribution in [0.3, 0.4) is 0 Å². The van der Waals surface area contributed by atoms with Crippen LogP contribution in [0.1, 0.15) is 15.9 Å². The molecule has 0 heterocycles. The van der Waals surface area contributed by atoms with Crippen LogP contribution in [0.15, 0.2) is 12.1 Å². The third-order valence-corrected chi connectivity index (χ3v) is 1.83. The van der Waals surface area contributed by atoms with Crippen molar-refractivity contribution in [1.29, 1.82) is 0 Å². The summed E-state index contributed by atoms with van der Waals surface area (Å²) in [6.45, 7) is 1.27. The summed E-state index contributed by atoms with van der Waals surface area (Å²) in [4.78, 5) is 20.2. The summed E-state index contributed by atoms with van der Waals surface area (Å²) in [5.74, 6) is -1.83. The standard InChI is InChI=1S/C8H7FN2O3/c1-4-5(8(10)12)2-3-6(7(4)9)11(13)14/h2-3H,1H3,(H2,10,12). The number of hydrogen-bond acceptors (Lipinski definition) is 3. The van der Waals surface area contributed by atoms with E-state index in [0.717, 1.165) is 12.1 Å². The number of carbonyl (C=O) groups excluding carboxylic acids is 1. The first-order valence-corrected chi connectivity index (χ1v) is 3.68. The van der Waals surface area contributed by atoms with Crippen LogP contribution in [0.4, 0.5) is 10.1 Å². The lowest BCUT2D eigenvalue weighted by atomic mass is 10.1. The smallest absolute Gasteiger partial charge is 0.305 e. The first kappa shape index (κ1) is 10.1. The normalized spacial score (nSPS) is 9.86. The van der Waals surface area contributed by atoms with Crippen LogP contribution in [0.25, 0.3) is 0 Å². The maximum atomic E-state index is 13.2. The maximum absolute atomic E-state index is 13.2. The molecule has 0 aliphatic rings. The number of rotatable bonds is 2. The number of primary amides is 1. The minimum Gasteiger partial charge on any atom is -0.366 e. The third kappa shape index (κ3) is 1.54. The minimum atomic E-state index is -1.02. The molecule has 5 nitrogen and oxygen atoms in total. The molecule has 0 aliphatic heterocycles. The number of nitro benzene ring substituents is 1. The molecule has 1 rings (SSSR count). The average molecular weight is 198 g/mol. The van der Waals surface area contributed by atoms with E-state index in [0.29, 0.717) is 0 Å². The SMILES string of the molecule is Cc1c(C(N)=O)ccc([N+](=O)[O-])c1F. The Bertz CT molecular complexity index is 378. The van der Waals surface area contributed by atoms with E-state index < -0.39 is 22.3 Å². The van der Waals surface area contributed by atoms with Gasteiger partial charge in [0.15, 0.2) is 0 Å². The number of nitrogens with zero attached hydrogens (tertiary/aromatic N) is 1. The lowest BCUT2D eigenvalue weighted by molar-refractivity contribution is -0.387. The van der Waals surface area contributed by atoms with Gasteiger partial charge >= 0.3 is 5.69 Å². The zero-order valence-electron chi connectivity index (χ0n) is 7.28. The van der Waals surface area contributed by atoms with E-state index in [1.54, 1.807) is 0 Å². The van der Waals surface area contributed by atoms with Crippen LogP contribution in [0.5, 0.6) is 0 Å². The van der Waals surface area contributed by atoms with Gasteiger partial charge in [0.1, 0.15) is 0 Å². The van der Waals surface area contributed by atoms with E-state index in [4.69, 9.17) is 5.73 Å². The number of benzene rings is 1. The summed E-state index contributed by atoms with van der Waals surface area (Å²) in [6.07, 6.45) is 0. The van der Waals surface area contributed by atoms with Crippen molar-refractivity contribution in [2.75, 3.05) is 0 Å². The molecule has 1 aromatic carbocycles. The Morgan fingerprint density at radius 2 is 2.14 bits per heavy atom. The maximum Gasteiger partial charge on any atom is 0.305 e. The van der Waals surface area contributed by atoms with Crippen LogP contribution in [-0.2, 0) is 0 Å². The van der Waals surface area contributed by atoms with Crippen molar-refractivity contribution < 1.29 is 14.1 Å². The molecule has 1 aromatic rings. The van der Waals surface area contributed by atoms with E-state index in [1.807, 2.05) is 0 Å². The molecule has 0 saturated heterocycles. The van der Waals surface area contributed by atoms with E-state index >= 15 is 0 Å². The molecule has 2 N–H and O–H groups in total. The largest absolute Gasteiger partial charge is 0.366 e. The number of nitrogens with two attached hydrogens (primary N) is 1. The summed E-state index contributed by atoms with van der Waals surface area (Å²) < 4.78 is 13.2. The summed E-state index contributed by atoms with van der Waals surface area (Å²) >= 11 is 0. The van der Waals surface area contributed by atoms with E-state index in [2.05, 4.69) is 0 Å².